The second kappa shape index (κ2) is 10.8. The lowest BCUT2D eigenvalue weighted by molar-refractivity contribution is 0.669. The van der Waals surface area contributed by atoms with Gasteiger partial charge in [-0.25, -0.2) is 0 Å². The number of fused-ring (bicyclic) bond motifs is 5. The molecule has 0 amide bonds. The van der Waals surface area contributed by atoms with E-state index in [1.165, 1.54) is 43.8 Å². The molecule has 2 nitrogen and oxygen atoms in total. The van der Waals surface area contributed by atoms with E-state index < -0.39 is 0 Å². The van der Waals surface area contributed by atoms with E-state index >= 15 is 0 Å². The third kappa shape index (κ3) is 4.35. The molecule has 9 aromatic rings. The largest absolute Gasteiger partial charge is 0.456 e. The number of hydrogen-bond donors (Lipinski definition) is 0. The summed E-state index contributed by atoms with van der Waals surface area (Å²) in [6.45, 7) is 0. The summed E-state index contributed by atoms with van der Waals surface area (Å²) in [5.41, 5.74) is 9.88. The minimum absolute atomic E-state index is 0.877. The van der Waals surface area contributed by atoms with Crippen molar-refractivity contribution >= 4 is 60.5 Å². The van der Waals surface area contributed by atoms with Crippen molar-refractivity contribution in [3.05, 3.63) is 176 Å². The first-order valence-corrected chi connectivity index (χ1v) is 15.7. The van der Waals surface area contributed by atoms with Crippen LogP contribution in [0.2, 0.25) is 0 Å². The fraction of sp³-hybridized carbons (Fsp3) is 0. The van der Waals surface area contributed by atoms with E-state index in [2.05, 4.69) is 181 Å². The molecule has 1 heterocycles. The molecule has 0 atom stereocenters. The van der Waals surface area contributed by atoms with Crippen LogP contribution in [-0.4, -0.2) is 0 Å². The lowest BCUT2D eigenvalue weighted by Gasteiger charge is -2.27. The van der Waals surface area contributed by atoms with E-state index in [1.54, 1.807) is 0 Å². The predicted molar refractivity (Wildman–Crippen MR) is 194 cm³/mol. The summed E-state index contributed by atoms with van der Waals surface area (Å²) < 4.78 is 6.49. The molecule has 216 valence electrons. The fourth-order valence-corrected chi connectivity index (χ4v) is 6.92. The van der Waals surface area contributed by atoms with Crippen molar-refractivity contribution in [3.8, 4) is 22.3 Å². The van der Waals surface area contributed by atoms with Gasteiger partial charge in [0.2, 0.25) is 0 Å². The Hall–Kier alpha value is -6.12. The molecule has 0 fully saturated rings. The van der Waals surface area contributed by atoms with Crippen LogP contribution in [0.3, 0.4) is 0 Å². The lowest BCUT2D eigenvalue weighted by Crippen LogP contribution is -2.10. The molecule has 0 N–H and O–H groups in total. The molecule has 2 heteroatoms. The molecular formula is C44H29NO. The molecule has 0 aliphatic carbocycles. The van der Waals surface area contributed by atoms with Crippen molar-refractivity contribution in [1.29, 1.82) is 0 Å². The molecule has 0 radical (unpaired) electrons. The van der Waals surface area contributed by atoms with Crippen molar-refractivity contribution in [2.45, 2.75) is 0 Å². The molecular weight excluding hydrogens is 558 g/mol. The smallest absolute Gasteiger partial charge is 0.137 e. The van der Waals surface area contributed by atoms with Gasteiger partial charge in [0.05, 0.1) is 11.1 Å². The van der Waals surface area contributed by atoms with Gasteiger partial charge >= 0.3 is 0 Å². The molecule has 0 unspecified atom stereocenters. The first-order chi connectivity index (χ1) is 22.8. The monoisotopic (exact) mass is 587 g/mol. The molecule has 0 aliphatic rings. The summed E-state index contributed by atoms with van der Waals surface area (Å²) in [5.74, 6) is 0. The van der Waals surface area contributed by atoms with Crippen LogP contribution in [0.1, 0.15) is 0 Å². The number of furan rings is 1. The van der Waals surface area contributed by atoms with Crippen LogP contribution in [0.4, 0.5) is 17.1 Å². The van der Waals surface area contributed by atoms with Crippen molar-refractivity contribution in [1.82, 2.24) is 0 Å². The van der Waals surface area contributed by atoms with E-state index in [4.69, 9.17) is 4.42 Å². The minimum Gasteiger partial charge on any atom is -0.456 e. The second-order valence-electron chi connectivity index (χ2n) is 11.7. The zero-order valence-electron chi connectivity index (χ0n) is 25.1. The van der Waals surface area contributed by atoms with Crippen LogP contribution in [0.5, 0.6) is 0 Å². The highest BCUT2D eigenvalue weighted by Crippen LogP contribution is 2.45. The van der Waals surface area contributed by atoms with E-state index in [0.717, 1.165) is 39.0 Å². The van der Waals surface area contributed by atoms with Crippen LogP contribution in [0.25, 0.3) is 65.7 Å². The Morgan fingerprint density at radius 3 is 1.72 bits per heavy atom. The average Bonchev–Trinajstić information content (AvgIpc) is 3.49. The van der Waals surface area contributed by atoms with Gasteiger partial charge in [0.25, 0.3) is 0 Å². The average molecular weight is 588 g/mol. The van der Waals surface area contributed by atoms with Crippen molar-refractivity contribution in [2.24, 2.45) is 0 Å². The third-order valence-corrected chi connectivity index (χ3v) is 9.02. The van der Waals surface area contributed by atoms with Crippen molar-refractivity contribution in [3.63, 3.8) is 0 Å². The van der Waals surface area contributed by atoms with Gasteiger partial charge in [0.1, 0.15) is 11.2 Å². The summed E-state index contributed by atoms with van der Waals surface area (Å²) in [4.78, 5) is 2.36. The first-order valence-electron chi connectivity index (χ1n) is 15.7. The molecule has 0 spiro atoms. The summed E-state index contributed by atoms with van der Waals surface area (Å²) in [6, 6.07) is 62.7. The van der Waals surface area contributed by atoms with Gasteiger partial charge in [-0.1, -0.05) is 127 Å². The van der Waals surface area contributed by atoms with Gasteiger partial charge < -0.3 is 9.32 Å². The highest BCUT2D eigenvalue weighted by Gasteiger charge is 2.20. The highest BCUT2D eigenvalue weighted by atomic mass is 16.3. The molecule has 1 aromatic heterocycles. The van der Waals surface area contributed by atoms with Gasteiger partial charge in [0, 0.05) is 16.8 Å². The number of para-hydroxylation sites is 1. The summed E-state index contributed by atoms with van der Waals surface area (Å²) in [6.07, 6.45) is 0. The van der Waals surface area contributed by atoms with Gasteiger partial charge in [-0.05, 0) is 92.3 Å². The zero-order chi connectivity index (χ0) is 30.5. The number of anilines is 3. The zero-order valence-corrected chi connectivity index (χ0v) is 25.1. The Labute approximate surface area is 267 Å². The first kappa shape index (κ1) is 26.3. The van der Waals surface area contributed by atoms with E-state index in [0.29, 0.717) is 0 Å². The Kier molecular flexibility index (Phi) is 6.17. The maximum absolute atomic E-state index is 6.49. The number of hydrogen-bond acceptors (Lipinski definition) is 2. The Balaban J connectivity index is 1.26. The quantitative estimate of drug-likeness (QED) is 0.199. The number of nitrogens with zero attached hydrogens (tertiary/aromatic N) is 1. The number of rotatable bonds is 5. The predicted octanol–water partition coefficient (Wildman–Crippen LogP) is 12.7. The minimum atomic E-state index is 0.877. The van der Waals surface area contributed by atoms with Crippen LogP contribution in [0, 0.1) is 0 Å². The van der Waals surface area contributed by atoms with Crippen LogP contribution < -0.4 is 4.90 Å². The summed E-state index contributed by atoms with van der Waals surface area (Å²) in [5, 5.41) is 7.08. The van der Waals surface area contributed by atoms with Crippen LogP contribution in [-0.2, 0) is 0 Å². The van der Waals surface area contributed by atoms with Crippen molar-refractivity contribution in [2.75, 3.05) is 4.90 Å². The van der Waals surface area contributed by atoms with Gasteiger partial charge in [-0.3, -0.25) is 0 Å². The summed E-state index contributed by atoms with van der Waals surface area (Å²) >= 11 is 0. The topological polar surface area (TPSA) is 16.4 Å². The maximum atomic E-state index is 6.49. The Morgan fingerprint density at radius 1 is 0.370 bits per heavy atom. The Morgan fingerprint density at radius 2 is 0.957 bits per heavy atom. The molecule has 0 bridgehead atoms. The standard InChI is InChI=1S/C44H29NO/c1-3-13-30(14-4-1)36-25-26-37(39-22-10-9-21-38(36)39)33-17-11-20-35(27-33)45(34-18-5-2-6-19-34)41-23-12-24-42-44(41)40-28-31-15-7-8-16-32(31)29-43(40)46-42/h1-29H. The summed E-state index contributed by atoms with van der Waals surface area (Å²) in [7, 11) is 0. The molecule has 46 heavy (non-hydrogen) atoms. The highest BCUT2D eigenvalue weighted by molar-refractivity contribution is 6.16. The number of benzene rings is 8. The van der Waals surface area contributed by atoms with Gasteiger partial charge in [0.15, 0.2) is 0 Å². The van der Waals surface area contributed by atoms with E-state index in [-0.39, 0.29) is 0 Å². The van der Waals surface area contributed by atoms with Gasteiger partial charge in [-0.2, -0.15) is 0 Å². The van der Waals surface area contributed by atoms with Crippen molar-refractivity contribution < 1.29 is 4.42 Å². The molecule has 0 aliphatic heterocycles. The molecule has 8 aromatic carbocycles. The van der Waals surface area contributed by atoms with E-state index in [9.17, 15) is 0 Å². The Bertz CT molecular complexity index is 2530. The van der Waals surface area contributed by atoms with Gasteiger partial charge in [-0.15, -0.1) is 0 Å². The third-order valence-electron chi connectivity index (χ3n) is 9.02. The van der Waals surface area contributed by atoms with Crippen LogP contribution in [0.15, 0.2) is 180 Å². The SMILES string of the molecule is c1ccc(-c2ccc(-c3cccc(N(c4ccccc4)c4cccc5oc6cc7ccccc7cc6c45)c3)c3ccccc23)cc1. The molecule has 0 saturated heterocycles. The normalized spacial score (nSPS) is 11.5. The maximum Gasteiger partial charge on any atom is 0.137 e. The molecule has 0 saturated carbocycles. The van der Waals surface area contributed by atoms with Crippen LogP contribution >= 0.6 is 0 Å². The molecule has 9 rings (SSSR count). The fourth-order valence-electron chi connectivity index (χ4n) is 6.92. The lowest BCUT2D eigenvalue weighted by atomic mass is 9.92. The second-order valence-corrected chi connectivity index (χ2v) is 11.7. The van der Waals surface area contributed by atoms with E-state index in [1.807, 2.05) is 0 Å².